The fourth-order valence-electron chi connectivity index (χ4n) is 1.73. The molecule has 7 nitrogen and oxygen atoms in total. The number of aromatic amines is 1. The molecule has 23 heavy (non-hydrogen) atoms. The number of benzene rings is 1. The van der Waals surface area contributed by atoms with Crippen LogP contribution in [0.2, 0.25) is 5.02 Å². The summed E-state index contributed by atoms with van der Waals surface area (Å²) in [6, 6.07) is 5.46. The first kappa shape index (κ1) is 16.8. The van der Waals surface area contributed by atoms with Crippen LogP contribution in [0, 0.1) is 0 Å². The van der Waals surface area contributed by atoms with Crippen molar-refractivity contribution in [3.8, 4) is 11.5 Å². The maximum Gasteiger partial charge on any atom is 0.285 e. The van der Waals surface area contributed by atoms with Crippen molar-refractivity contribution in [3.63, 3.8) is 0 Å². The van der Waals surface area contributed by atoms with Gasteiger partial charge in [0.15, 0.2) is 11.5 Å². The Bertz CT molecular complexity index is 746. The van der Waals surface area contributed by atoms with Gasteiger partial charge < -0.3 is 9.47 Å². The summed E-state index contributed by atoms with van der Waals surface area (Å²) < 4.78 is 10.9. The van der Waals surface area contributed by atoms with Crippen LogP contribution in [0.15, 0.2) is 34.3 Å². The van der Waals surface area contributed by atoms with Crippen molar-refractivity contribution in [2.75, 3.05) is 19.1 Å². The maximum atomic E-state index is 11.3. The summed E-state index contributed by atoms with van der Waals surface area (Å²) in [6.07, 6.45) is 3.87. The van der Waals surface area contributed by atoms with Crippen LogP contribution in [0.3, 0.4) is 0 Å². The Balaban J connectivity index is 2.10. The molecule has 0 unspecified atom stereocenters. The number of nitrogens with one attached hydrogen (secondary N) is 2. The zero-order valence-electron chi connectivity index (χ0n) is 12.8. The first-order valence-corrected chi connectivity index (χ1v) is 7.36. The SMILES string of the molecule is CCCOc1ccc(/C=N/Nc2cn[nH]c(=O)c2Cl)cc1OC. The van der Waals surface area contributed by atoms with Crippen molar-refractivity contribution in [2.45, 2.75) is 13.3 Å². The molecule has 0 saturated carbocycles. The van der Waals surface area contributed by atoms with Crippen LogP contribution in [-0.4, -0.2) is 30.1 Å². The molecular weight excluding hydrogens is 320 g/mol. The van der Waals surface area contributed by atoms with Crippen LogP contribution in [-0.2, 0) is 0 Å². The molecule has 2 rings (SSSR count). The van der Waals surface area contributed by atoms with E-state index in [2.05, 4.69) is 20.7 Å². The molecule has 1 aromatic carbocycles. The number of halogens is 1. The molecule has 122 valence electrons. The van der Waals surface area contributed by atoms with Crippen LogP contribution < -0.4 is 20.5 Å². The van der Waals surface area contributed by atoms with Gasteiger partial charge in [0.25, 0.3) is 5.56 Å². The molecule has 0 bridgehead atoms. The highest BCUT2D eigenvalue weighted by atomic mass is 35.5. The molecule has 0 spiro atoms. The van der Waals surface area contributed by atoms with Crippen molar-refractivity contribution in [2.24, 2.45) is 5.10 Å². The Hall–Kier alpha value is -2.54. The van der Waals surface area contributed by atoms with E-state index in [-0.39, 0.29) is 5.02 Å². The van der Waals surface area contributed by atoms with Crippen molar-refractivity contribution >= 4 is 23.5 Å². The molecule has 8 heteroatoms. The first-order valence-electron chi connectivity index (χ1n) is 6.98. The zero-order chi connectivity index (χ0) is 16.7. The normalized spacial score (nSPS) is 10.7. The molecule has 0 saturated heterocycles. The Kier molecular flexibility index (Phi) is 5.99. The highest BCUT2D eigenvalue weighted by Gasteiger charge is 2.05. The lowest BCUT2D eigenvalue weighted by Gasteiger charge is -2.10. The van der Waals surface area contributed by atoms with Gasteiger partial charge in [-0.3, -0.25) is 10.2 Å². The van der Waals surface area contributed by atoms with E-state index in [1.54, 1.807) is 19.4 Å². The number of hydrogen-bond acceptors (Lipinski definition) is 6. The quantitative estimate of drug-likeness (QED) is 0.599. The van der Waals surface area contributed by atoms with E-state index in [4.69, 9.17) is 21.1 Å². The predicted molar refractivity (Wildman–Crippen MR) is 89.9 cm³/mol. The fraction of sp³-hybridized carbons (Fsp3) is 0.267. The van der Waals surface area contributed by atoms with E-state index in [9.17, 15) is 4.79 Å². The number of aromatic nitrogens is 2. The number of methoxy groups -OCH3 is 1. The molecule has 2 aromatic rings. The van der Waals surface area contributed by atoms with Gasteiger partial charge in [-0.05, 0) is 30.2 Å². The summed E-state index contributed by atoms with van der Waals surface area (Å²) >= 11 is 5.84. The largest absolute Gasteiger partial charge is 0.493 e. The van der Waals surface area contributed by atoms with Crippen LogP contribution in [0.1, 0.15) is 18.9 Å². The predicted octanol–water partition coefficient (Wildman–Crippen LogP) is 2.67. The molecule has 0 aliphatic heterocycles. The topological polar surface area (TPSA) is 88.6 Å². The van der Waals surface area contributed by atoms with Crippen LogP contribution in [0.25, 0.3) is 0 Å². The molecule has 0 aliphatic carbocycles. The summed E-state index contributed by atoms with van der Waals surface area (Å²) in [7, 11) is 1.58. The number of ether oxygens (including phenoxy) is 2. The minimum atomic E-state index is -0.481. The van der Waals surface area contributed by atoms with E-state index >= 15 is 0 Å². The van der Waals surface area contributed by atoms with Crippen LogP contribution >= 0.6 is 11.6 Å². The maximum absolute atomic E-state index is 11.3. The Labute approximate surface area is 138 Å². The molecule has 0 fully saturated rings. The second kappa shape index (κ2) is 8.19. The van der Waals surface area contributed by atoms with Crippen LogP contribution in [0.4, 0.5) is 5.69 Å². The number of nitrogens with zero attached hydrogens (tertiary/aromatic N) is 2. The van der Waals surface area contributed by atoms with Gasteiger partial charge in [-0.25, -0.2) is 5.10 Å². The summed E-state index contributed by atoms with van der Waals surface area (Å²) in [5.41, 5.74) is 3.31. The highest BCUT2D eigenvalue weighted by molar-refractivity contribution is 6.32. The molecule has 0 amide bonds. The highest BCUT2D eigenvalue weighted by Crippen LogP contribution is 2.27. The fourth-order valence-corrected chi connectivity index (χ4v) is 1.87. The number of rotatable bonds is 7. The lowest BCUT2D eigenvalue weighted by atomic mass is 10.2. The third kappa shape index (κ3) is 4.46. The average Bonchev–Trinajstić information content (AvgIpc) is 2.57. The third-order valence-electron chi connectivity index (χ3n) is 2.84. The van der Waals surface area contributed by atoms with E-state index in [0.717, 1.165) is 12.0 Å². The van der Waals surface area contributed by atoms with Crippen molar-refractivity contribution < 1.29 is 9.47 Å². The first-order chi connectivity index (χ1) is 11.2. The van der Waals surface area contributed by atoms with E-state index in [1.807, 2.05) is 19.1 Å². The number of H-pyrrole nitrogens is 1. The third-order valence-corrected chi connectivity index (χ3v) is 3.22. The molecule has 1 heterocycles. The molecule has 0 atom stereocenters. The Morgan fingerprint density at radius 3 is 3.00 bits per heavy atom. The van der Waals surface area contributed by atoms with Gasteiger partial charge in [0.1, 0.15) is 10.7 Å². The number of hydrazone groups is 1. The molecule has 1 aromatic heterocycles. The van der Waals surface area contributed by atoms with Crippen LogP contribution in [0.5, 0.6) is 11.5 Å². The minimum Gasteiger partial charge on any atom is -0.493 e. The van der Waals surface area contributed by atoms with Gasteiger partial charge in [0, 0.05) is 0 Å². The van der Waals surface area contributed by atoms with Crippen molar-refractivity contribution in [3.05, 3.63) is 45.3 Å². The van der Waals surface area contributed by atoms with Crippen molar-refractivity contribution in [1.82, 2.24) is 10.2 Å². The van der Waals surface area contributed by atoms with Gasteiger partial charge in [0.05, 0.1) is 26.1 Å². The lowest BCUT2D eigenvalue weighted by molar-refractivity contribution is 0.294. The summed E-state index contributed by atoms with van der Waals surface area (Å²) in [5.74, 6) is 1.31. The molecule has 2 N–H and O–H groups in total. The van der Waals surface area contributed by atoms with Gasteiger partial charge >= 0.3 is 0 Å². The van der Waals surface area contributed by atoms with E-state index in [1.165, 1.54) is 6.20 Å². The van der Waals surface area contributed by atoms with Crippen molar-refractivity contribution in [1.29, 1.82) is 0 Å². The van der Waals surface area contributed by atoms with Gasteiger partial charge in [0.2, 0.25) is 0 Å². The van der Waals surface area contributed by atoms with E-state index < -0.39 is 5.56 Å². The molecule has 0 aliphatic rings. The van der Waals surface area contributed by atoms with E-state index in [0.29, 0.717) is 23.8 Å². The average molecular weight is 337 g/mol. The monoisotopic (exact) mass is 336 g/mol. The smallest absolute Gasteiger partial charge is 0.285 e. The number of anilines is 1. The summed E-state index contributed by atoms with van der Waals surface area (Å²) in [4.78, 5) is 11.3. The standard InChI is InChI=1S/C15H17ClN4O3/c1-3-6-23-12-5-4-10(7-13(12)22-2)8-17-19-11-9-18-20-15(21)14(11)16/h4-5,7-9H,3,6H2,1-2H3,(H2,19,20,21)/b17-8+. The minimum absolute atomic E-state index is 0.00181. The summed E-state index contributed by atoms with van der Waals surface area (Å²) in [5, 5.41) is 9.90. The second-order valence-electron chi connectivity index (χ2n) is 4.56. The molecule has 0 radical (unpaired) electrons. The van der Waals surface area contributed by atoms with Gasteiger partial charge in [-0.1, -0.05) is 18.5 Å². The molecular formula is C15H17ClN4O3. The number of hydrogen-bond donors (Lipinski definition) is 2. The Morgan fingerprint density at radius 1 is 1.43 bits per heavy atom. The van der Waals surface area contributed by atoms with Gasteiger partial charge in [-0.2, -0.15) is 10.2 Å². The Morgan fingerprint density at radius 2 is 2.26 bits per heavy atom. The lowest BCUT2D eigenvalue weighted by Crippen LogP contribution is -2.10. The second-order valence-corrected chi connectivity index (χ2v) is 4.93. The van der Waals surface area contributed by atoms with Gasteiger partial charge in [-0.15, -0.1) is 0 Å². The summed E-state index contributed by atoms with van der Waals surface area (Å²) in [6.45, 7) is 2.66. The zero-order valence-corrected chi connectivity index (χ0v) is 13.6.